The molecule has 0 spiro atoms. The Kier molecular flexibility index (Phi) is 4.76. The molecule has 0 saturated heterocycles. The first-order valence-corrected chi connectivity index (χ1v) is 10.4. The normalized spacial score (nSPS) is 12.1. The van der Waals surface area contributed by atoms with Gasteiger partial charge in [-0.1, -0.05) is 6.07 Å². The molecule has 0 aliphatic heterocycles. The van der Waals surface area contributed by atoms with Crippen molar-refractivity contribution in [2.75, 3.05) is 19.4 Å². The van der Waals surface area contributed by atoms with Gasteiger partial charge in [-0.25, -0.2) is 22.7 Å². The number of anilines is 2. The summed E-state index contributed by atoms with van der Waals surface area (Å²) < 4.78 is 26.3. The van der Waals surface area contributed by atoms with Crippen LogP contribution in [-0.4, -0.2) is 36.8 Å². The molecule has 2 aromatic heterocycles. The van der Waals surface area contributed by atoms with Crippen LogP contribution in [0.2, 0.25) is 0 Å². The number of aryl methyl sites for hydroxylation is 4. The van der Waals surface area contributed by atoms with Gasteiger partial charge in [0.2, 0.25) is 10.0 Å². The smallest absolute Gasteiger partial charge is 0.242 e. The minimum absolute atomic E-state index is 0.285. The van der Waals surface area contributed by atoms with Gasteiger partial charge >= 0.3 is 0 Å². The van der Waals surface area contributed by atoms with Gasteiger partial charge in [0.25, 0.3) is 0 Å². The van der Waals surface area contributed by atoms with E-state index in [1.807, 2.05) is 13.0 Å². The molecule has 0 bridgehead atoms. The molecule has 1 aromatic carbocycles. The minimum Gasteiger partial charge on any atom is -0.340 e. The highest BCUT2D eigenvalue weighted by atomic mass is 32.2. The molecule has 26 heavy (non-hydrogen) atoms. The van der Waals surface area contributed by atoms with E-state index < -0.39 is 10.0 Å². The fourth-order valence-electron chi connectivity index (χ4n) is 2.74. The van der Waals surface area contributed by atoms with Gasteiger partial charge in [-0.15, -0.1) is 11.3 Å². The van der Waals surface area contributed by atoms with Crippen LogP contribution in [-0.2, 0) is 10.0 Å². The molecule has 2 heterocycles. The molecule has 0 amide bonds. The number of nitrogens with zero attached hydrogens (tertiary/aromatic N) is 3. The zero-order chi connectivity index (χ0) is 19.2. The maximum Gasteiger partial charge on any atom is 0.242 e. The maximum atomic E-state index is 12.6. The van der Waals surface area contributed by atoms with Gasteiger partial charge in [0, 0.05) is 24.7 Å². The topological polar surface area (TPSA) is 75.2 Å². The zero-order valence-electron chi connectivity index (χ0n) is 15.7. The van der Waals surface area contributed by atoms with E-state index in [0.29, 0.717) is 22.9 Å². The monoisotopic (exact) mass is 390 g/mol. The van der Waals surface area contributed by atoms with Crippen LogP contribution in [0, 0.1) is 27.7 Å². The van der Waals surface area contributed by atoms with E-state index in [1.165, 1.54) is 23.3 Å². The Hall–Kier alpha value is -2.03. The Labute approximate surface area is 158 Å². The second kappa shape index (κ2) is 6.61. The second-order valence-corrected chi connectivity index (χ2v) is 9.80. The van der Waals surface area contributed by atoms with Gasteiger partial charge in [0.1, 0.15) is 16.5 Å². The summed E-state index contributed by atoms with van der Waals surface area (Å²) in [5.41, 5.74) is 2.52. The Morgan fingerprint density at radius 3 is 2.42 bits per heavy atom. The molecule has 0 unspecified atom stereocenters. The molecule has 3 aromatic rings. The fourth-order valence-corrected chi connectivity index (χ4v) is 4.95. The van der Waals surface area contributed by atoms with Crippen LogP contribution < -0.4 is 5.32 Å². The summed E-state index contributed by atoms with van der Waals surface area (Å²) in [5.74, 6) is 1.38. The van der Waals surface area contributed by atoms with Gasteiger partial charge in [-0.3, -0.25) is 0 Å². The van der Waals surface area contributed by atoms with Crippen LogP contribution in [0.3, 0.4) is 0 Å². The van der Waals surface area contributed by atoms with E-state index in [9.17, 15) is 8.42 Å². The van der Waals surface area contributed by atoms with Crippen LogP contribution in [0.15, 0.2) is 23.1 Å². The second-order valence-electron chi connectivity index (χ2n) is 6.48. The van der Waals surface area contributed by atoms with E-state index >= 15 is 0 Å². The molecule has 0 fully saturated rings. The highest BCUT2D eigenvalue weighted by Crippen LogP contribution is 2.35. The lowest BCUT2D eigenvalue weighted by atomic mass is 10.2. The Balaban J connectivity index is 2.12. The van der Waals surface area contributed by atoms with Crippen LogP contribution in [0.1, 0.15) is 21.8 Å². The van der Waals surface area contributed by atoms with Crippen molar-refractivity contribution < 1.29 is 8.42 Å². The van der Waals surface area contributed by atoms with Crippen molar-refractivity contribution in [2.24, 2.45) is 0 Å². The first-order valence-electron chi connectivity index (χ1n) is 8.16. The summed E-state index contributed by atoms with van der Waals surface area (Å²) in [6.07, 6.45) is 0. The summed E-state index contributed by atoms with van der Waals surface area (Å²) in [4.78, 5) is 11.5. The molecule has 138 valence electrons. The highest BCUT2D eigenvalue weighted by molar-refractivity contribution is 7.89. The lowest BCUT2D eigenvalue weighted by Crippen LogP contribution is -2.23. The van der Waals surface area contributed by atoms with Gasteiger partial charge in [0.15, 0.2) is 0 Å². The maximum absolute atomic E-state index is 12.6. The molecule has 8 heteroatoms. The number of sulfonamides is 1. The third-order valence-electron chi connectivity index (χ3n) is 4.35. The van der Waals surface area contributed by atoms with Crippen molar-refractivity contribution >= 4 is 43.1 Å². The SMILES string of the molecule is Cc1nc(Nc2ccc(C)c(S(=O)(=O)N(C)C)c2)c2c(C)c(C)sc2n1. The standard InChI is InChI=1S/C18H22N4O2S2/c1-10-7-8-14(9-15(10)26(23,24)22(5)6)21-17-16-11(2)12(3)25-18(16)20-13(4)19-17/h7-9H,1-6H3,(H,19,20,21). The summed E-state index contributed by atoms with van der Waals surface area (Å²) in [6, 6.07) is 5.32. The molecular formula is C18H22N4O2S2. The van der Waals surface area contributed by atoms with Crippen LogP contribution >= 0.6 is 11.3 Å². The Morgan fingerprint density at radius 2 is 1.77 bits per heavy atom. The number of nitrogens with one attached hydrogen (secondary N) is 1. The number of benzene rings is 1. The Bertz CT molecular complexity index is 1100. The number of aromatic nitrogens is 2. The Morgan fingerprint density at radius 1 is 1.08 bits per heavy atom. The predicted molar refractivity (Wildman–Crippen MR) is 107 cm³/mol. The first kappa shape index (κ1) is 18.8. The van der Waals surface area contributed by atoms with E-state index in [-0.39, 0.29) is 4.90 Å². The lowest BCUT2D eigenvalue weighted by Gasteiger charge is -2.15. The number of fused-ring (bicyclic) bond motifs is 1. The average Bonchev–Trinajstić information content (AvgIpc) is 2.83. The predicted octanol–water partition coefficient (Wildman–Crippen LogP) is 3.92. The van der Waals surface area contributed by atoms with Gasteiger partial charge in [-0.2, -0.15) is 0 Å². The largest absolute Gasteiger partial charge is 0.340 e. The lowest BCUT2D eigenvalue weighted by molar-refractivity contribution is 0.520. The average molecular weight is 391 g/mol. The summed E-state index contributed by atoms with van der Waals surface area (Å²) in [7, 11) is -0.452. The summed E-state index contributed by atoms with van der Waals surface area (Å²) in [6.45, 7) is 7.76. The van der Waals surface area contributed by atoms with Crippen LogP contribution in [0.5, 0.6) is 0 Å². The molecule has 0 aliphatic carbocycles. The van der Waals surface area contributed by atoms with Crippen molar-refractivity contribution in [2.45, 2.75) is 32.6 Å². The summed E-state index contributed by atoms with van der Waals surface area (Å²) >= 11 is 1.64. The van der Waals surface area contributed by atoms with Gasteiger partial charge < -0.3 is 5.32 Å². The minimum atomic E-state index is -3.51. The molecule has 6 nitrogen and oxygen atoms in total. The van der Waals surface area contributed by atoms with Crippen LogP contribution in [0.4, 0.5) is 11.5 Å². The summed E-state index contributed by atoms with van der Waals surface area (Å²) in [5, 5.41) is 4.28. The number of rotatable bonds is 4. The molecule has 0 atom stereocenters. The third kappa shape index (κ3) is 3.20. The third-order valence-corrected chi connectivity index (χ3v) is 7.41. The van der Waals surface area contributed by atoms with Crippen molar-refractivity contribution in [3.8, 4) is 0 Å². The van der Waals surface area contributed by atoms with Gasteiger partial charge in [0.05, 0.1) is 10.3 Å². The van der Waals surface area contributed by atoms with Crippen molar-refractivity contribution in [1.82, 2.24) is 14.3 Å². The number of hydrogen-bond donors (Lipinski definition) is 1. The molecule has 0 radical (unpaired) electrons. The van der Waals surface area contributed by atoms with E-state index in [4.69, 9.17) is 0 Å². The fraction of sp³-hybridized carbons (Fsp3) is 0.333. The molecule has 1 N–H and O–H groups in total. The van der Waals surface area contributed by atoms with Crippen LogP contribution in [0.25, 0.3) is 10.2 Å². The number of hydrogen-bond acceptors (Lipinski definition) is 6. The molecule has 0 saturated carbocycles. The van der Waals surface area contributed by atoms with E-state index in [1.54, 1.807) is 30.4 Å². The van der Waals surface area contributed by atoms with E-state index in [0.717, 1.165) is 15.8 Å². The zero-order valence-corrected chi connectivity index (χ0v) is 17.3. The van der Waals surface area contributed by atoms with Crippen molar-refractivity contribution in [1.29, 1.82) is 0 Å². The highest BCUT2D eigenvalue weighted by Gasteiger charge is 2.21. The first-order chi connectivity index (χ1) is 12.1. The number of thiophene rings is 1. The molecule has 3 rings (SSSR count). The van der Waals surface area contributed by atoms with Crippen molar-refractivity contribution in [3.63, 3.8) is 0 Å². The van der Waals surface area contributed by atoms with Crippen molar-refractivity contribution in [3.05, 3.63) is 40.0 Å². The van der Waals surface area contributed by atoms with Gasteiger partial charge in [-0.05, 0) is 51.0 Å². The van der Waals surface area contributed by atoms with E-state index in [2.05, 4.69) is 29.1 Å². The molecule has 0 aliphatic rings. The quantitative estimate of drug-likeness (QED) is 0.731. The molecular weight excluding hydrogens is 368 g/mol.